The topological polar surface area (TPSA) is 245 Å². The van der Waals surface area contributed by atoms with Crippen LogP contribution in [-0.2, 0) is 10.4 Å². The van der Waals surface area contributed by atoms with Gasteiger partial charge in [-0.15, -0.1) is 0 Å². The SMILES string of the molecule is O.O=C(O)O.O=S(=O)(O)O.O[Si](O)(O)O.[CaH2]. The molecule has 0 amide bonds. The van der Waals surface area contributed by atoms with Crippen molar-refractivity contribution in [1.29, 1.82) is 0 Å². The first-order chi connectivity index (χ1) is 5.73. The van der Waals surface area contributed by atoms with Crippen LogP contribution in [0.5, 0.6) is 0 Å². The van der Waals surface area contributed by atoms with Gasteiger partial charge in [0, 0.05) is 0 Å². The molecule has 100 valence electrons. The van der Waals surface area contributed by atoms with Gasteiger partial charge < -0.3 is 34.9 Å². The molecule has 0 spiro atoms. The summed E-state index contributed by atoms with van der Waals surface area (Å²) in [5, 5.41) is 13.9. The molecule has 0 aliphatic heterocycles. The second-order valence-electron chi connectivity index (χ2n) is 1.33. The monoisotopic (exact) mass is 316 g/mol. The van der Waals surface area contributed by atoms with E-state index in [1.807, 2.05) is 0 Å². The van der Waals surface area contributed by atoms with E-state index in [0.717, 1.165) is 0 Å². The number of carbonyl (C=O) groups is 1. The number of hydrogen-bond acceptors (Lipinski definition) is 7. The van der Waals surface area contributed by atoms with Crippen LogP contribution >= 0.6 is 0 Å². The molecule has 0 radical (unpaired) electrons. The van der Waals surface area contributed by atoms with Gasteiger partial charge in [-0.2, -0.15) is 8.42 Å². The van der Waals surface area contributed by atoms with Gasteiger partial charge >= 0.3 is 63.3 Å². The quantitative estimate of drug-likeness (QED) is 0.155. The molecule has 0 unspecified atom stereocenters. The van der Waals surface area contributed by atoms with Gasteiger partial charge in [-0.05, 0) is 0 Å². The molecule has 0 rings (SSSR count). The van der Waals surface area contributed by atoms with Crippen LogP contribution < -0.4 is 0 Å². The Kier molecular flexibility index (Phi) is 25.2. The van der Waals surface area contributed by atoms with E-state index in [1.54, 1.807) is 0 Å². The van der Waals surface area contributed by atoms with Crippen molar-refractivity contribution in [1.82, 2.24) is 0 Å². The molecule has 0 saturated heterocycles. The first-order valence-corrected chi connectivity index (χ1v) is 5.43. The third kappa shape index (κ3) is 15000. The van der Waals surface area contributed by atoms with Gasteiger partial charge in [0.05, 0.1) is 0 Å². The van der Waals surface area contributed by atoms with Crippen molar-refractivity contribution in [2.75, 3.05) is 0 Å². The van der Waals surface area contributed by atoms with Gasteiger partial charge in [-0.25, -0.2) is 4.79 Å². The normalized spacial score (nSPS) is 8.88. The Morgan fingerprint density at radius 1 is 0.938 bits per heavy atom. The standard InChI is InChI=1S/CH2O3.Ca.H2O4S.H4O4Si.H2O.2H/c2-1(3)4;;2*1-5(2,3)4;;;/h(H2,2,3,4);;(H2,1,2,3,4);1-4H;1H2;;. The van der Waals surface area contributed by atoms with Crippen molar-refractivity contribution in [3.05, 3.63) is 0 Å². The fourth-order valence-corrected chi connectivity index (χ4v) is 0. The molecular formula is CH12CaO12SSi. The molecule has 16 heavy (non-hydrogen) atoms. The predicted molar refractivity (Wildman–Crippen MR) is 51.6 cm³/mol. The van der Waals surface area contributed by atoms with E-state index < -0.39 is 25.6 Å². The third-order valence-corrected chi connectivity index (χ3v) is 0. The molecule has 0 saturated carbocycles. The minimum atomic E-state index is -4.67. The van der Waals surface area contributed by atoms with Gasteiger partial charge in [-0.3, -0.25) is 9.11 Å². The fraction of sp³-hybridized carbons (Fsp3) is 0. The van der Waals surface area contributed by atoms with E-state index in [4.69, 9.17) is 51.7 Å². The Labute approximate surface area is 120 Å². The minimum absolute atomic E-state index is 0. The molecule has 0 atom stereocenters. The Morgan fingerprint density at radius 3 is 0.938 bits per heavy atom. The number of carboxylic acid groups (broad SMARTS) is 2. The van der Waals surface area contributed by atoms with Crippen LogP contribution in [-0.4, -0.2) is 105 Å². The van der Waals surface area contributed by atoms with Crippen LogP contribution in [0.1, 0.15) is 0 Å². The van der Waals surface area contributed by atoms with Crippen LogP contribution in [0.25, 0.3) is 0 Å². The molecule has 0 aromatic carbocycles. The molecule has 0 fully saturated rings. The first kappa shape index (κ1) is 29.9. The van der Waals surface area contributed by atoms with E-state index >= 15 is 0 Å². The van der Waals surface area contributed by atoms with E-state index in [9.17, 15) is 0 Å². The summed E-state index contributed by atoms with van der Waals surface area (Å²) in [5.74, 6) is 0. The van der Waals surface area contributed by atoms with Crippen molar-refractivity contribution in [2.45, 2.75) is 0 Å². The van der Waals surface area contributed by atoms with Crippen LogP contribution in [0.15, 0.2) is 0 Å². The van der Waals surface area contributed by atoms with Gasteiger partial charge in [0.25, 0.3) is 0 Å². The Bertz CT molecular complexity index is 220. The molecule has 0 bridgehead atoms. The summed E-state index contributed by atoms with van der Waals surface area (Å²) < 4.78 is 31.6. The molecule has 0 aromatic rings. The zero-order chi connectivity index (χ0) is 12.6. The van der Waals surface area contributed by atoms with Crippen LogP contribution in [0, 0.1) is 0 Å². The Morgan fingerprint density at radius 2 is 0.938 bits per heavy atom. The van der Waals surface area contributed by atoms with Gasteiger partial charge in [0.1, 0.15) is 0 Å². The summed E-state index contributed by atoms with van der Waals surface area (Å²) >= 11 is 0. The van der Waals surface area contributed by atoms with Crippen molar-refractivity contribution in [3.8, 4) is 0 Å². The number of rotatable bonds is 0. The average molecular weight is 316 g/mol. The summed E-state index contributed by atoms with van der Waals surface area (Å²) in [6.45, 7) is 0. The van der Waals surface area contributed by atoms with Crippen LogP contribution in [0.3, 0.4) is 0 Å². The molecular weight excluding hydrogens is 304 g/mol. The summed E-state index contributed by atoms with van der Waals surface area (Å²) in [5.41, 5.74) is 0. The maximum absolute atomic E-state index is 8.74. The van der Waals surface area contributed by atoms with E-state index in [2.05, 4.69) is 0 Å². The zero-order valence-corrected chi connectivity index (χ0v) is 8.53. The second kappa shape index (κ2) is 13.5. The van der Waals surface area contributed by atoms with Crippen molar-refractivity contribution >= 4 is 63.3 Å². The fourth-order valence-electron chi connectivity index (χ4n) is 0. The zero-order valence-electron chi connectivity index (χ0n) is 6.71. The van der Waals surface area contributed by atoms with Gasteiger partial charge in [0.15, 0.2) is 0 Å². The molecule has 0 aliphatic carbocycles. The van der Waals surface area contributed by atoms with Gasteiger partial charge in [-0.1, -0.05) is 0 Å². The second-order valence-corrected chi connectivity index (χ2v) is 3.43. The van der Waals surface area contributed by atoms with E-state index in [0.29, 0.717) is 0 Å². The predicted octanol–water partition coefficient (Wildman–Crippen LogP) is -4.78. The van der Waals surface area contributed by atoms with E-state index in [1.165, 1.54) is 0 Å². The summed E-state index contributed by atoms with van der Waals surface area (Å²) in [6, 6.07) is 0. The van der Waals surface area contributed by atoms with Crippen molar-refractivity contribution < 1.29 is 57.2 Å². The molecule has 0 aliphatic rings. The Balaban J connectivity index is -0.0000000358. The van der Waals surface area contributed by atoms with E-state index in [-0.39, 0.29) is 43.2 Å². The summed E-state index contributed by atoms with van der Waals surface area (Å²) in [7, 11) is -9.28. The molecule has 0 aromatic heterocycles. The third-order valence-electron chi connectivity index (χ3n) is 0. The van der Waals surface area contributed by atoms with Crippen LogP contribution in [0.2, 0.25) is 0 Å². The van der Waals surface area contributed by atoms with Gasteiger partial charge in [0.2, 0.25) is 0 Å². The van der Waals surface area contributed by atoms with Crippen LogP contribution in [0.4, 0.5) is 4.79 Å². The Hall–Kier alpha value is 0.417. The summed E-state index contributed by atoms with van der Waals surface area (Å²) in [4.78, 5) is 37.9. The summed E-state index contributed by atoms with van der Waals surface area (Å²) in [6.07, 6.45) is -1.83. The molecule has 10 N–H and O–H groups in total. The van der Waals surface area contributed by atoms with Crippen molar-refractivity contribution in [2.24, 2.45) is 0 Å². The number of hydrogen-bond donors (Lipinski definition) is 8. The molecule has 15 heteroatoms. The molecule has 12 nitrogen and oxygen atoms in total. The average Bonchev–Trinajstić information content (AvgIpc) is 1.45. The first-order valence-electron chi connectivity index (χ1n) is 2.24. The maximum atomic E-state index is 8.74. The molecule has 0 heterocycles. The van der Waals surface area contributed by atoms with Crippen molar-refractivity contribution in [3.63, 3.8) is 0 Å².